The Labute approximate surface area is 127 Å². The summed E-state index contributed by atoms with van der Waals surface area (Å²) in [6, 6.07) is 5.52. The van der Waals surface area contributed by atoms with Crippen LogP contribution < -0.4 is 4.74 Å². The Morgan fingerprint density at radius 3 is 2.60 bits per heavy atom. The van der Waals surface area contributed by atoms with Crippen LogP contribution in [-0.4, -0.2) is 12.2 Å². The fraction of sp³-hybridized carbons (Fsp3) is 0.647. The monoisotopic (exact) mass is 296 g/mol. The van der Waals surface area contributed by atoms with Gasteiger partial charge in [0, 0.05) is 10.6 Å². The van der Waals surface area contributed by atoms with Crippen molar-refractivity contribution in [1.29, 1.82) is 0 Å². The van der Waals surface area contributed by atoms with Crippen molar-refractivity contribution in [1.82, 2.24) is 0 Å². The second kappa shape index (κ2) is 5.57. The van der Waals surface area contributed by atoms with E-state index in [-0.39, 0.29) is 11.3 Å². The van der Waals surface area contributed by atoms with Gasteiger partial charge in [-0.2, -0.15) is 0 Å². The Hall–Kier alpha value is -0.730. The maximum atomic E-state index is 11.4. The maximum absolute atomic E-state index is 11.4. The van der Waals surface area contributed by atoms with Crippen LogP contribution >= 0.6 is 11.6 Å². The predicted molar refractivity (Wildman–Crippen MR) is 83.3 cm³/mol. The summed E-state index contributed by atoms with van der Waals surface area (Å²) in [5.74, 6) is 0.934. The number of aliphatic hydroxyl groups is 1. The third-order valence-electron chi connectivity index (χ3n) is 4.55. The van der Waals surface area contributed by atoms with Gasteiger partial charge in [-0.3, -0.25) is 0 Å². The highest BCUT2D eigenvalue weighted by Gasteiger charge is 2.47. The highest BCUT2D eigenvalue weighted by atomic mass is 35.5. The third-order valence-corrected chi connectivity index (χ3v) is 4.79. The van der Waals surface area contributed by atoms with E-state index in [1.54, 1.807) is 7.11 Å². The lowest BCUT2D eigenvalue weighted by molar-refractivity contribution is -0.0970. The molecule has 1 N–H and O–H groups in total. The zero-order valence-electron chi connectivity index (χ0n) is 12.9. The lowest BCUT2D eigenvalue weighted by Gasteiger charge is -2.47. The van der Waals surface area contributed by atoms with E-state index in [9.17, 15) is 5.11 Å². The fourth-order valence-corrected chi connectivity index (χ4v) is 3.82. The molecule has 112 valence electrons. The van der Waals surface area contributed by atoms with Gasteiger partial charge in [-0.25, -0.2) is 0 Å². The first-order chi connectivity index (χ1) is 9.29. The summed E-state index contributed by atoms with van der Waals surface area (Å²) in [6.45, 7) is 6.60. The van der Waals surface area contributed by atoms with E-state index in [1.165, 1.54) is 6.42 Å². The molecule has 0 aromatic heterocycles. The molecule has 3 heteroatoms. The van der Waals surface area contributed by atoms with Crippen LogP contribution in [0.2, 0.25) is 5.02 Å². The van der Waals surface area contributed by atoms with E-state index >= 15 is 0 Å². The minimum atomic E-state index is -0.854. The van der Waals surface area contributed by atoms with Crippen molar-refractivity contribution in [2.75, 3.05) is 7.11 Å². The van der Waals surface area contributed by atoms with Crippen molar-refractivity contribution in [2.45, 2.75) is 52.1 Å². The van der Waals surface area contributed by atoms with Crippen LogP contribution in [0.4, 0.5) is 0 Å². The van der Waals surface area contributed by atoms with Crippen molar-refractivity contribution in [3.63, 3.8) is 0 Å². The molecular weight excluding hydrogens is 272 g/mol. The third kappa shape index (κ3) is 2.82. The molecule has 0 aliphatic heterocycles. The van der Waals surface area contributed by atoms with Crippen LogP contribution in [-0.2, 0) is 5.60 Å². The van der Waals surface area contributed by atoms with Gasteiger partial charge in [0.15, 0.2) is 0 Å². The number of methoxy groups -OCH3 is 1. The molecule has 1 aliphatic rings. The zero-order chi connectivity index (χ0) is 15.0. The van der Waals surface area contributed by atoms with E-state index in [2.05, 4.69) is 20.8 Å². The van der Waals surface area contributed by atoms with Gasteiger partial charge < -0.3 is 9.84 Å². The number of halogens is 1. The van der Waals surface area contributed by atoms with Gasteiger partial charge in [0.25, 0.3) is 0 Å². The molecule has 2 atom stereocenters. The second-order valence-electron chi connectivity index (χ2n) is 6.93. The molecule has 20 heavy (non-hydrogen) atoms. The molecule has 2 unspecified atom stereocenters. The van der Waals surface area contributed by atoms with Gasteiger partial charge in [0.2, 0.25) is 0 Å². The SMILES string of the molecule is COc1ccc(Cl)cc1C1(O)CCCCC1C(C)(C)C. The van der Waals surface area contributed by atoms with Gasteiger partial charge in [0.05, 0.1) is 12.7 Å². The average molecular weight is 297 g/mol. The number of ether oxygens (including phenoxy) is 1. The van der Waals surface area contributed by atoms with E-state index in [1.807, 2.05) is 18.2 Å². The van der Waals surface area contributed by atoms with Crippen molar-refractivity contribution >= 4 is 11.6 Å². The number of hydrogen-bond acceptors (Lipinski definition) is 2. The van der Waals surface area contributed by atoms with Crippen LogP contribution in [0, 0.1) is 11.3 Å². The summed E-state index contributed by atoms with van der Waals surface area (Å²) in [4.78, 5) is 0. The number of hydrogen-bond donors (Lipinski definition) is 1. The molecule has 1 saturated carbocycles. The molecule has 1 aromatic rings. The lowest BCUT2D eigenvalue weighted by atomic mass is 9.61. The zero-order valence-corrected chi connectivity index (χ0v) is 13.6. The smallest absolute Gasteiger partial charge is 0.125 e. The molecule has 2 nitrogen and oxygen atoms in total. The van der Waals surface area contributed by atoms with Gasteiger partial charge in [-0.1, -0.05) is 45.2 Å². The molecule has 0 heterocycles. The highest BCUT2D eigenvalue weighted by Crippen LogP contribution is 2.52. The van der Waals surface area contributed by atoms with Crippen LogP contribution in [0.15, 0.2) is 18.2 Å². The van der Waals surface area contributed by atoms with Crippen LogP contribution in [0.25, 0.3) is 0 Å². The molecule has 1 aliphatic carbocycles. The van der Waals surface area contributed by atoms with Crippen LogP contribution in [0.3, 0.4) is 0 Å². The Bertz CT molecular complexity index is 478. The Morgan fingerprint density at radius 1 is 1.30 bits per heavy atom. The minimum absolute atomic E-state index is 0.0441. The summed E-state index contributed by atoms with van der Waals surface area (Å²) in [5.41, 5.74) is 0.0297. The van der Waals surface area contributed by atoms with E-state index in [0.29, 0.717) is 5.02 Å². The van der Waals surface area contributed by atoms with Gasteiger partial charge in [-0.15, -0.1) is 0 Å². The predicted octanol–water partition coefficient (Wildman–Crippen LogP) is 4.77. The Kier molecular flexibility index (Phi) is 4.36. The van der Waals surface area contributed by atoms with Crippen molar-refractivity contribution in [3.8, 4) is 5.75 Å². The minimum Gasteiger partial charge on any atom is -0.496 e. The molecule has 1 aromatic carbocycles. The van der Waals surface area contributed by atoms with E-state index < -0.39 is 5.60 Å². The first kappa shape index (κ1) is 15.7. The molecular formula is C17H25ClO2. The Balaban J connectivity index is 2.53. The van der Waals surface area contributed by atoms with Crippen molar-refractivity contribution in [2.24, 2.45) is 11.3 Å². The molecule has 0 spiro atoms. The highest BCUT2D eigenvalue weighted by molar-refractivity contribution is 6.30. The largest absolute Gasteiger partial charge is 0.496 e. The normalized spacial score (nSPS) is 27.4. The summed E-state index contributed by atoms with van der Waals surface area (Å²) in [7, 11) is 1.64. The summed E-state index contributed by atoms with van der Waals surface area (Å²) < 4.78 is 5.46. The summed E-state index contributed by atoms with van der Waals surface area (Å²) in [6.07, 6.45) is 4.02. The van der Waals surface area contributed by atoms with Crippen LogP contribution in [0.1, 0.15) is 52.0 Å². The van der Waals surface area contributed by atoms with E-state index in [4.69, 9.17) is 16.3 Å². The summed E-state index contributed by atoms with van der Waals surface area (Å²) in [5, 5.41) is 12.1. The summed E-state index contributed by atoms with van der Waals surface area (Å²) >= 11 is 6.15. The van der Waals surface area contributed by atoms with Gasteiger partial charge in [0.1, 0.15) is 5.75 Å². The molecule has 2 rings (SSSR count). The van der Waals surface area contributed by atoms with Crippen LogP contribution in [0.5, 0.6) is 5.75 Å². The number of rotatable bonds is 2. The van der Waals surface area contributed by atoms with Gasteiger partial charge >= 0.3 is 0 Å². The maximum Gasteiger partial charge on any atom is 0.125 e. The second-order valence-corrected chi connectivity index (χ2v) is 7.37. The standard InChI is InChI=1S/C17H25ClO2/c1-16(2,3)15-7-5-6-10-17(15,19)13-11-12(18)8-9-14(13)20-4/h8-9,11,15,19H,5-7,10H2,1-4H3. The van der Waals surface area contributed by atoms with Crippen molar-refractivity contribution in [3.05, 3.63) is 28.8 Å². The first-order valence-corrected chi connectivity index (χ1v) is 7.73. The van der Waals surface area contributed by atoms with E-state index in [0.717, 1.165) is 30.6 Å². The quantitative estimate of drug-likeness (QED) is 0.851. The Morgan fingerprint density at radius 2 is 2.00 bits per heavy atom. The molecule has 0 saturated heterocycles. The number of benzene rings is 1. The topological polar surface area (TPSA) is 29.5 Å². The van der Waals surface area contributed by atoms with Gasteiger partial charge in [-0.05, 0) is 42.4 Å². The molecule has 0 amide bonds. The molecule has 0 radical (unpaired) electrons. The molecule has 0 bridgehead atoms. The molecule has 1 fully saturated rings. The average Bonchev–Trinajstić information content (AvgIpc) is 2.38. The van der Waals surface area contributed by atoms with Crippen molar-refractivity contribution < 1.29 is 9.84 Å². The fourth-order valence-electron chi connectivity index (χ4n) is 3.65. The first-order valence-electron chi connectivity index (χ1n) is 7.35. The lowest BCUT2D eigenvalue weighted by Crippen LogP contribution is -2.44.